The van der Waals surface area contributed by atoms with Crippen LogP contribution in [0, 0.1) is 0 Å². The van der Waals surface area contributed by atoms with Gasteiger partial charge in [-0.2, -0.15) is 11.8 Å². The van der Waals surface area contributed by atoms with E-state index in [1.807, 2.05) is 0 Å². The van der Waals surface area contributed by atoms with Crippen molar-refractivity contribution in [2.45, 2.75) is 26.0 Å². The quantitative estimate of drug-likeness (QED) is 0.418. The molecule has 0 aromatic heterocycles. The molecular weight excluding hydrogens is 186 g/mol. The molecule has 0 saturated heterocycles. The highest BCUT2D eigenvalue weighted by atomic mass is 32.2. The maximum absolute atomic E-state index is 10.9. The predicted octanol–water partition coefficient (Wildman–Crippen LogP) is 1.53. The van der Waals surface area contributed by atoms with Crippen molar-refractivity contribution in [3.63, 3.8) is 0 Å². The van der Waals surface area contributed by atoms with Crippen LogP contribution >= 0.6 is 11.8 Å². The van der Waals surface area contributed by atoms with E-state index < -0.39 is 0 Å². The van der Waals surface area contributed by atoms with Crippen molar-refractivity contribution in [3.05, 3.63) is 11.8 Å². The Bertz CT molecular complexity index is 186. The minimum Gasteiger partial charge on any atom is -0.462 e. The molecular formula is C9H17NO2S. The lowest BCUT2D eigenvalue weighted by Crippen LogP contribution is -2.07. The Balaban J connectivity index is 3.44. The largest absolute Gasteiger partial charge is 0.462 e. The van der Waals surface area contributed by atoms with Gasteiger partial charge in [-0.05, 0) is 12.2 Å². The van der Waals surface area contributed by atoms with Gasteiger partial charge < -0.3 is 10.5 Å². The molecule has 0 rings (SSSR count). The van der Waals surface area contributed by atoms with E-state index in [0.717, 1.165) is 5.75 Å². The first kappa shape index (κ1) is 12.4. The number of ether oxygens (including phenoxy) is 1. The van der Waals surface area contributed by atoms with Gasteiger partial charge >= 0.3 is 5.97 Å². The molecule has 76 valence electrons. The van der Waals surface area contributed by atoms with Crippen molar-refractivity contribution in [1.82, 2.24) is 0 Å². The third-order valence-electron chi connectivity index (χ3n) is 1.12. The van der Waals surface area contributed by atoms with Crippen molar-refractivity contribution in [1.29, 1.82) is 0 Å². The molecule has 0 saturated carbocycles. The van der Waals surface area contributed by atoms with Crippen LogP contribution in [0.5, 0.6) is 0 Å². The fourth-order valence-corrected chi connectivity index (χ4v) is 1.30. The summed E-state index contributed by atoms with van der Waals surface area (Å²) in [6.45, 7) is 6.32. The van der Waals surface area contributed by atoms with Gasteiger partial charge in [0, 0.05) is 17.5 Å². The summed E-state index contributed by atoms with van der Waals surface area (Å²) in [5.41, 5.74) is 5.77. The standard InChI is InChI=1S/C9H17NO2S/c1-7(2)13-5-4-12-9(11)6-8(3)10/h6-7H,4-5,10H2,1-3H3. The minimum absolute atomic E-state index is 0.357. The number of allylic oxidation sites excluding steroid dienone is 1. The van der Waals surface area contributed by atoms with Crippen molar-refractivity contribution in [3.8, 4) is 0 Å². The third-order valence-corrected chi connectivity index (χ3v) is 2.19. The molecule has 0 heterocycles. The Labute approximate surface area is 83.7 Å². The van der Waals surface area contributed by atoms with Gasteiger partial charge in [-0.25, -0.2) is 4.79 Å². The van der Waals surface area contributed by atoms with Gasteiger partial charge in [0.25, 0.3) is 0 Å². The van der Waals surface area contributed by atoms with Crippen LogP contribution in [0.15, 0.2) is 11.8 Å². The van der Waals surface area contributed by atoms with Gasteiger partial charge in [-0.15, -0.1) is 0 Å². The smallest absolute Gasteiger partial charge is 0.332 e. The molecule has 0 aliphatic heterocycles. The first-order valence-corrected chi connectivity index (χ1v) is 5.29. The van der Waals surface area contributed by atoms with Crippen molar-refractivity contribution < 1.29 is 9.53 Å². The molecule has 0 aliphatic rings. The van der Waals surface area contributed by atoms with Crippen molar-refractivity contribution >= 4 is 17.7 Å². The number of thioether (sulfide) groups is 1. The highest BCUT2D eigenvalue weighted by Gasteiger charge is 1.98. The summed E-state index contributed by atoms with van der Waals surface area (Å²) < 4.78 is 4.89. The number of carbonyl (C=O) groups is 1. The monoisotopic (exact) mass is 203 g/mol. The maximum Gasteiger partial charge on any atom is 0.332 e. The van der Waals surface area contributed by atoms with Crippen LogP contribution in [0.1, 0.15) is 20.8 Å². The van der Waals surface area contributed by atoms with Gasteiger partial charge in [-0.1, -0.05) is 13.8 Å². The molecule has 0 aliphatic carbocycles. The maximum atomic E-state index is 10.9. The second kappa shape index (κ2) is 6.83. The zero-order chi connectivity index (χ0) is 10.3. The second-order valence-corrected chi connectivity index (χ2v) is 4.66. The number of esters is 1. The third kappa shape index (κ3) is 9.27. The van der Waals surface area contributed by atoms with E-state index in [1.165, 1.54) is 6.08 Å². The average Bonchev–Trinajstić information content (AvgIpc) is 1.96. The van der Waals surface area contributed by atoms with Crippen LogP contribution in [0.2, 0.25) is 0 Å². The van der Waals surface area contributed by atoms with Crippen LogP contribution in [-0.2, 0) is 9.53 Å². The lowest BCUT2D eigenvalue weighted by atomic mass is 10.4. The molecule has 13 heavy (non-hydrogen) atoms. The summed E-state index contributed by atoms with van der Waals surface area (Å²) >= 11 is 1.76. The number of hydrogen-bond acceptors (Lipinski definition) is 4. The van der Waals surface area contributed by atoms with Gasteiger partial charge in [0.15, 0.2) is 0 Å². The summed E-state index contributed by atoms with van der Waals surface area (Å²) in [7, 11) is 0. The van der Waals surface area contributed by atoms with E-state index in [4.69, 9.17) is 10.5 Å². The lowest BCUT2D eigenvalue weighted by Gasteiger charge is -2.04. The summed E-state index contributed by atoms with van der Waals surface area (Å²) in [5.74, 6) is 0.477. The molecule has 0 radical (unpaired) electrons. The number of nitrogens with two attached hydrogens (primary N) is 1. The van der Waals surface area contributed by atoms with Gasteiger partial charge in [0.05, 0.1) is 0 Å². The summed E-state index contributed by atoms with van der Waals surface area (Å²) in [5, 5.41) is 0.575. The average molecular weight is 203 g/mol. The van der Waals surface area contributed by atoms with Crippen molar-refractivity contribution in [2.24, 2.45) is 5.73 Å². The number of rotatable bonds is 5. The highest BCUT2D eigenvalue weighted by molar-refractivity contribution is 7.99. The number of hydrogen-bond donors (Lipinski definition) is 1. The zero-order valence-corrected chi connectivity index (χ0v) is 9.19. The van der Waals surface area contributed by atoms with E-state index in [9.17, 15) is 4.79 Å². The Morgan fingerprint density at radius 2 is 2.23 bits per heavy atom. The molecule has 2 N–H and O–H groups in total. The molecule has 0 atom stereocenters. The fourth-order valence-electron chi connectivity index (χ4n) is 0.654. The Kier molecular flexibility index (Phi) is 6.49. The van der Waals surface area contributed by atoms with Gasteiger partial charge in [0.1, 0.15) is 6.61 Å². The molecule has 0 bridgehead atoms. The summed E-state index contributed by atoms with van der Waals surface area (Å²) in [4.78, 5) is 10.9. The van der Waals surface area contributed by atoms with E-state index in [1.54, 1.807) is 18.7 Å². The van der Waals surface area contributed by atoms with Crippen molar-refractivity contribution in [2.75, 3.05) is 12.4 Å². The summed E-state index contributed by atoms with van der Waals surface area (Å²) in [6.07, 6.45) is 1.29. The normalized spacial score (nSPS) is 11.8. The SMILES string of the molecule is CC(N)=CC(=O)OCCSC(C)C. The highest BCUT2D eigenvalue weighted by Crippen LogP contribution is 2.07. The van der Waals surface area contributed by atoms with Gasteiger partial charge in [-0.3, -0.25) is 0 Å². The van der Waals surface area contributed by atoms with E-state index in [-0.39, 0.29) is 5.97 Å². The molecule has 0 spiro atoms. The van der Waals surface area contributed by atoms with Crippen LogP contribution in [0.3, 0.4) is 0 Å². The lowest BCUT2D eigenvalue weighted by molar-refractivity contribution is -0.137. The van der Waals surface area contributed by atoms with Gasteiger partial charge in [0.2, 0.25) is 0 Å². The molecule has 0 aromatic rings. The Hall–Kier alpha value is -0.640. The van der Waals surface area contributed by atoms with E-state index in [0.29, 0.717) is 17.6 Å². The fraction of sp³-hybridized carbons (Fsp3) is 0.667. The zero-order valence-electron chi connectivity index (χ0n) is 8.37. The van der Waals surface area contributed by atoms with E-state index >= 15 is 0 Å². The second-order valence-electron chi connectivity index (χ2n) is 2.98. The molecule has 0 fully saturated rings. The Morgan fingerprint density at radius 3 is 2.69 bits per heavy atom. The van der Waals surface area contributed by atoms with Crippen LogP contribution in [0.4, 0.5) is 0 Å². The molecule has 0 amide bonds. The van der Waals surface area contributed by atoms with Crippen LogP contribution in [-0.4, -0.2) is 23.6 Å². The van der Waals surface area contributed by atoms with E-state index in [2.05, 4.69) is 13.8 Å². The van der Waals surface area contributed by atoms with Crippen LogP contribution in [0.25, 0.3) is 0 Å². The molecule has 0 aromatic carbocycles. The number of carbonyl (C=O) groups excluding carboxylic acids is 1. The predicted molar refractivity (Wildman–Crippen MR) is 56.5 cm³/mol. The Morgan fingerprint density at radius 1 is 1.62 bits per heavy atom. The molecule has 4 heteroatoms. The first-order valence-electron chi connectivity index (χ1n) is 4.24. The minimum atomic E-state index is -0.357. The van der Waals surface area contributed by atoms with Crippen LogP contribution < -0.4 is 5.73 Å². The summed E-state index contributed by atoms with van der Waals surface area (Å²) in [6, 6.07) is 0. The molecule has 3 nitrogen and oxygen atoms in total. The molecule has 0 unspecified atom stereocenters. The topological polar surface area (TPSA) is 52.3 Å². The first-order chi connectivity index (χ1) is 6.02.